The molecule has 0 fully saturated rings. The highest BCUT2D eigenvalue weighted by Crippen LogP contribution is 2.42. The van der Waals surface area contributed by atoms with Crippen LogP contribution in [-0.4, -0.2) is 35.2 Å². The molecule has 5 rings (SSSR count). The van der Waals surface area contributed by atoms with E-state index >= 15 is 0 Å². The Morgan fingerprint density at radius 3 is 2.50 bits per heavy atom. The summed E-state index contributed by atoms with van der Waals surface area (Å²) in [5, 5.41) is 14.0. The second-order valence-corrected chi connectivity index (χ2v) is 7.50. The molecule has 1 aliphatic heterocycles. The minimum absolute atomic E-state index is 0.0749. The van der Waals surface area contributed by atoms with E-state index in [1.807, 2.05) is 47.0 Å². The number of ether oxygens (including phenoxy) is 1. The molecule has 0 aliphatic carbocycles. The predicted octanol–water partition coefficient (Wildman–Crippen LogP) is 4.00. The molecule has 7 heteroatoms. The number of aliphatic hydroxyl groups excluding tert-OH is 1. The summed E-state index contributed by atoms with van der Waals surface area (Å²) in [7, 11) is 1.57. The average molecular weight is 421 g/mol. The maximum Gasteiger partial charge on any atom is 0.259 e. The maximum absolute atomic E-state index is 12.9. The molecule has 150 valence electrons. The van der Waals surface area contributed by atoms with Gasteiger partial charge in [-0.1, -0.05) is 29.8 Å². The lowest BCUT2D eigenvalue weighted by Gasteiger charge is -2.11. The van der Waals surface area contributed by atoms with Gasteiger partial charge in [0.15, 0.2) is 0 Å². The lowest BCUT2D eigenvalue weighted by Crippen LogP contribution is -2.20. The highest BCUT2D eigenvalue weighted by molar-refractivity contribution is 6.36. The summed E-state index contributed by atoms with van der Waals surface area (Å²) in [4.78, 5) is 25.6. The molecule has 6 nitrogen and oxygen atoms in total. The van der Waals surface area contributed by atoms with Crippen molar-refractivity contribution in [2.24, 2.45) is 0 Å². The fourth-order valence-electron chi connectivity index (χ4n) is 4.29. The van der Waals surface area contributed by atoms with E-state index in [4.69, 9.17) is 16.3 Å². The Morgan fingerprint density at radius 2 is 1.77 bits per heavy atom. The van der Waals surface area contributed by atoms with Crippen LogP contribution in [0.2, 0.25) is 5.02 Å². The van der Waals surface area contributed by atoms with Crippen molar-refractivity contribution >= 4 is 45.2 Å². The van der Waals surface area contributed by atoms with Crippen molar-refractivity contribution in [3.63, 3.8) is 0 Å². The molecule has 0 radical (unpaired) electrons. The SMILES string of the molecule is COc1ccc2c(c1)c1c3c(c(-c4ccccc4Cl)cc1n2CCO)C(=O)NC3=O. The third-order valence-electron chi connectivity index (χ3n) is 5.53. The van der Waals surface area contributed by atoms with Crippen molar-refractivity contribution < 1.29 is 19.4 Å². The number of carbonyl (C=O) groups is 2. The van der Waals surface area contributed by atoms with Crippen LogP contribution in [0.3, 0.4) is 0 Å². The summed E-state index contributed by atoms with van der Waals surface area (Å²) in [6, 6.07) is 14.6. The van der Waals surface area contributed by atoms with Crippen LogP contribution in [0.1, 0.15) is 20.7 Å². The fourth-order valence-corrected chi connectivity index (χ4v) is 4.52. The second kappa shape index (κ2) is 6.86. The van der Waals surface area contributed by atoms with Gasteiger partial charge in [-0.2, -0.15) is 0 Å². The zero-order chi connectivity index (χ0) is 21.0. The molecule has 1 aliphatic rings. The number of hydrogen-bond acceptors (Lipinski definition) is 4. The molecule has 0 unspecified atom stereocenters. The molecule has 0 bridgehead atoms. The monoisotopic (exact) mass is 420 g/mol. The van der Waals surface area contributed by atoms with Gasteiger partial charge < -0.3 is 14.4 Å². The predicted molar refractivity (Wildman–Crippen MR) is 115 cm³/mol. The number of methoxy groups -OCH3 is 1. The molecular weight excluding hydrogens is 404 g/mol. The lowest BCUT2D eigenvalue weighted by atomic mass is 9.93. The van der Waals surface area contributed by atoms with Gasteiger partial charge in [0.1, 0.15) is 5.75 Å². The van der Waals surface area contributed by atoms with Crippen LogP contribution in [0.15, 0.2) is 48.5 Å². The molecule has 2 amide bonds. The smallest absolute Gasteiger partial charge is 0.259 e. The number of carbonyl (C=O) groups excluding carboxylic acids is 2. The molecule has 3 aromatic carbocycles. The van der Waals surface area contributed by atoms with E-state index in [2.05, 4.69) is 5.32 Å². The highest BCUT2D eigenvalue weighted by Gasteiger charge is 2.34. The number of halogens is 1. The van der Waals surface area contributed by atoms with Gasteiger partial charge in [-0.05, 0) is 35.9 Å². The number of benzene rings is 3. The summed E-state index contributed by atoms with van der Waals surface area (Å²) in [5.41, 5.74) is 3.46. The Morgan fingerprint density at radius 1 is 1.00 bits per heavy atom. The normalized spacial score (nSPS) is 13.2. The molecule has 2 N–H and O–H groups in total. The Hall–Kier alpha value is -3.35. The standard InChI is InChI=1S/C23H17ClN2O4/c1-30-12-6-7-17-15(10-12)19-18(26(17)8-9-27)11-14(13-4-2-3-5-16(13)24)20-21(19)23(29)25-22(20)28/h2-7,10-11,27H,8-9H2,1H3,(H,25,28,29). The summed E-state index contributed by atoms with van der Waals surface area (Å²) < 4.78 is 7.32. The van der Waals surface area contributed by atoms with Crippen molar-refractivity contribution in [3.05, 3.63) is 64.7 Å². The van der Waals surface area contributed by atoms with E-state index in [-0.39, 0.29) is 6.61 Å². The van der Waals surface area contributed by atoms with E-state index < -0.39 is 11.8 Å². The molecule has 0 spiro atoms. The minimum Gasteiger partial charge on any atom is -0.497 e. The highest BCUT2D eigenvalue weighted by atomic mass is 35.5. The van der Waals surface area contributed by atoms with E-state index in [0.29, 0.717) is 45.0 Å². The van der Waals surface area contributed by atoms with Gasteiger partial charge in [0.2, 0.25) is 0 Å². The number of amides is 2. The van der Waals surface area contributed by atoms with Gasteiger partial charge in [-0.25, -0.2) is 0 Å². The van der Waals surface area contributed by atoms with Crippen molar-refractivity contribution in [2.75, 3.05) is 13.7 Å². The molecule has 4 aromatic rings. The van der Waals surface area contributed by atoms with Crippen LogP contribution < -0.4 is 10.1 Å². The number of nitrogens with zero attached hydrogens (tertiary/aromatic N) is 1. The van der Waals surface area contributed by atoms with Crippen LogP contribution in [0, 0.1) is 0 Å². The summed E-state index contributed by atoms with van der Waals surface area (Å²) in [5.74, 6) is -0.253. The summed E-state index contributed by atoms with van der Waals surface area (Å²) >= 11 is 6.44. The molecular formula is C23H17ClN2O4. The van der Waals surface area contributed by atoms with E-state index in [1.165, 1.54) is 0 Å². The van der Waals surface area contributed by atoms with Crippen LogP contribution in [-0.2, 0) is 6.54 Å². The Balaban J connectivity index is 2.00. The van der Waals surface area contributed by atoms with Crippen LogP contribution in [0.4, 0.5) is 0 Å². The Labute approximate surface area is 176 Å². The van der Waals surface area contributed by atoms with Gasteiger partial charge >= 0.3 is 0 Å². The van der Waals surface area contributed by atoms with E-state index in [0.717, 1.165) is 16.4 Å². The van der Waals surface area contributed by atoms with Crippen molar-refractivity contribution in [1.29, 1.82) is 0 Å². The van der Waals surface area contributed by atoms with E-state index in [1.54, 1.807) is 13.2 Å². The topological polar surface area (TPSA) is 80.6 Å². The van der Waals surface area contributed by atoms with Crippen LogP contribution in [0.25, 0.3) is 32.9 Å². The number of nitrogens with one attached hydrogen (secondary N) is 1. The van der Waals surface area contributed by atoms with Crippen LogP contribution in [0.5, 0.6) is 5.75 Å². The van der Waals surface area contributed by atoms with Gasteiger partial charge in [-0.3, -0.25) is 14.9 Å². The number of imide groups is 1. The number of aromatic nitrogens is 1. The number of hydrogen-bond donors (Lipinski definition) is 2. The quantitative estimate of drug-likeness (QED) is 0.489. The second-order valence-electron chi connectivity index (χ2n) is 7.09. The molecule has 0 saturated carbocycles. The Bertz CT molecular complexity index is 1370. The van der Waals surface area contributed by atoms with Crippen molar-refractivity contribution in [3.8, 4) is 16.9 Å². The molecule has 2 heterocycles. The number of fused-ring (bicyclic) bond motifs is 5. The summed E-state index contributed by atoms with van der Waals surface area (Å²) in [6.45, 7) is 0.261. The third-order valence-corrected chi connectivity index (χ3v) is 5.86. The molecule has 0 atom stereocenters. The zero-order valence-corrected chi connectivity index (χ0v) is 16.8. The van der Waals surface area contributed by atoms with Gasteiger partial charge in [-0.15, -0.1) is 0 Å². The Kier molecular flexibility index (Phi) is 4.27. The average Bonchev–Trinajstić information content (AvgIpc) is 3.21. The first-order chi connectivity index (χ1) is 14.5. The van der Waals surface area contributed by atoms with Gasteiger partial charge in [0.05, 0.1) is 30.4 Å². The third kappa shape index (κ3) is 2.54. The number of rotatable bonds is 4. The van der Waals surface area contributed by atoms with Crippen LogP contribution >= 0.6 is 11.6 Å². The molecule has 30 heavy (non-hydrogen) atoms. The molecule has 1 aromatic heterocycles. The lowest BCUT2D eigenvalue weighted by molar-refractivity contribution is 0.0880. The number of aliphatic hydroxyl groups is 1. The summed E-state index contributed by atoms with van der Waals surface area (Å²) in [6.07, 6.45) is 0. The molecule has 0 saturated heterocycles. The first kappa shape index (κ1) is 18.7. The zero-order valence-electron chi connectivity index (χ0n) is 16.0. The fraction of sp³-hybridized carbons (Fsp3) is 0.130. The largest absolute Gasteiger partial charge is 0.497 e. The maximum atomic E-state index is 12.9. The van der Waals surface area contributed by atoms with Gasteiger partial charge in [0, 0.05) is 33.4 Å². The van der Waals surface area contributed by atoms with Gasteiger partial charge in [0.25, 0.3) is 11.8 Å². The van der Waals surface area contributed by atoms with Crippen molar-refractivity contribution in [1.82, 2.24) is 9.88 Å². The minimum atomic E-state index is -0.447. The first-order valence-corrected chi connectivity index (χ1v) is 9.81. The van der Waals surface area contributed by atoms with Crippen molar-refractivity contribution in [2.45, 2.75) is 6.54 Å². The first-order valence-electron chi connectivity index (χ1n) is 9.43. The van der Waals surface area contributed by atoms with E-state index in [9.17, 15) is 14.7 Å².